The van der Waals surface area contributed by atoms with Crippen molar-refractivity contribution < 1.29 is 14.3 Å². The maximum Gasteiger partial charge on any atom is 0.261 e. The second-order valence-electron chi connectivity index (χ2n) is 6.55. The molecule has 0 bridgehead atoms. The molecule has 6 nitrogen and oxygen atoms in total. The van der Waals surface area contributed by atoms with Gasteiger partial charge in [-0.2, -0.15) is 0 Å². The Bertz CT molecular complexity index is 807. The van der Waals surface area contributed by atoms with Gasteiger partial charge in [-0.15, -0.1) is 0 Å². The van der Waals surface area contributed by atoms with E-state index in [1.165, 1.54) is 0 Å². The lowest BCUT2D eigenvalue weighted by Crippen LogP contribution is -2.46. The van der Waals surface area contributed by atoms with Crippen molar-refractivity contribution in [2.24, 2.45) is 0 Å². The third kappa shape index (κ3) is 2.77. The molecular formula is C20H21N3O3. The number of para-hydroxylation sites is 1. The van der Waals surface area contributed by atoms with Crippen LogP contribution in [0.4, 0.5) is 5.69 Å². The molecule has 2 aromatic carbocycles. The number of carbonyl (C=O) groups is 2. The minimum absolute atomic E-state index is 0.0557. The summed E-state index contributed by atoms with van der Waals surface area (Å²) in [7, 11) is 1.61. The number of nitrogens with one attached hydrogen (secondary N) is 1. The maximum atomic E-state index is 13.4. The number of amides is 2. The third-order valence-corrected chi connectivity index (χ3v) is 5.03. The molecule has 6 heteroatoms. The molecule has 0 spiro atoms. The van der Waals surface area contributed by atoms with E-state index in [1.807, 2.05) is 54.6 Å². The van der Waals surface area contributed by atoms with Crippen LogP contribution in [0.1, 0.15) is 24.4 Å². The van der Waals surface area contributed by atoms with E-state index in [1.54, 1.807) is 17.0 Å². The normalized spacial score (nSPS) is 22.7. The molecule has 1 N–H and O–H groups in total. The van der Waals surface area contributed by atoms with Gasteiger partial charge in [0.25, 0.3) is 11.8 Å². The van der Waals surface area contributed by atoms with Crippen LogP contribution in [0.2, 0.25) is 0 Å². The average molecular weight is 351 g/mol. The quantitative estimate of drug-likeness (QED) is 0.922. The molecule has 2 aliphatic rings. The summed E-state index contributed by atoms with van der Waals surface area (Å²) in [5.41, 5.74) is 4.56. The number of rotatable bonds is 3. The van der Waals surface area contributed by atoms with Crippen LogP contribution in [0.15, 0.2) is 54.6 Å². The summed E-state index contributed by atoms with van der Waals surface area (Å²) in [6.45, 7) is 0.617. The van der Waals surface area contributed by atoms with Gasteiger partial charge in [-0.3, -0.25) is 20.0 Å². The van der Waals surface area contributed by atoms with Crippen LogP contribution in [0, 0.1) is 0 Å². The Kier molecular flexibility index (Phi) is 4.24. The molecular weight excluding hydrogens is 330 g/mol. The molecule has 2 aromatic rings. The molecule has 4 rings (SSSR count). The van der Waals surface area contributed by atoms with Gasteiger partial charge in [0.1, 0.15) is 11.8 Å². The van der Waals surface area contributed by atoms with Crippen molar-refractivity contribution in [2.75, 3.05) is 18.7 Å². The zero-order valence-electron chi connectivity index (χ0n) is 14.6. The predicted octanol–water partition coefficient (Wildman–Crippen LogP) is 2.28. The van der Waals surface area contributed by atoms with Crippen molar-refractivity contribution in [3.05, 3.63) is 60.2 Å². The zero-order chi connectivity index (χ0) is 18.1. The second kappa shape index (κ2) is 6.71. The Morgan fingerprint density at radius 3 is 2.46 bits per heavy atom. The molecule has 26 heavy (non-hydrogen) atoms. The lowest BCUT2D eigenvalue weighted by atomic mass is 10.0. The summed E-state index contributed by atoms with van der Waals surface area (Å²) < 4.78 is 5.23. The monoisotopic (exact) mass is 351 g/mol. The third-order valence-electron chi connectivity index (χ3n) is 5.03. The van der Waals surface area contributed by atoms with Crippen molar-refractivity contribution in [3.63, 3.8) is 0 Å². The summed E-state index contributed by atoms with van der Waals surface area (Å²) in [6, 6.07) is 15.9. The van der Waals surface area contributed by atoms with Gasteiger partial charge in [0, 0.05) is 6.54 Å². The Balaban J connectivity index is 1.80. The summed E-state index contributed by atoms with van der Waals surface area (Å²) >= 11 is 0. The number of hydrogen-bond donors (Lipinski definition) is 1. The summed E-state index contributed by atoms with van der Waals surface area (Å²) in [4.78, 5) is 27.8. The van der Waals surface area contributed by atoms with Crippen LogP contribution in [0.25, 0.3) is 0 Å². The van der Waals surface area contributed by atoms with Gasteiger partial charge in [-0.1, -0.05) is 30.3 Å². The number of hydrazine groups is 1. The minimum atomic E-state index is -0.615. The largest absolute Gasteiger partial charge is 0.497 e. The molecule has 2 aliphatic heterocycles. The summed E-state index contributed by atoms with van der Waals surface area (Å²) in [6.07, 6.45) is 1.56. The maximum absolute atomic E-state index is 13.4. The number of ether oxygens (including phenoxy) is 1. The molecule has 0 radical (unpaired) electrons. The fourth-order valence-electron chi connectivity index (χ4n) is 3.71. The number of methoxy groups -OCH3 is 1. The average Bonchev–Trinajstić information content (AvgIpc) is 3.15. The lowest BCUT2D eigenvalue weighted by molar-refractivity contribution is -0.136. The minimum Gasteiger partial charge on any atom is -0.497 e. The first-order chi connectivity index (χ1) is 12.7. The SMILES string of the molecule is COc1ccc([C@H]2C(=O)N3CCC[C@H]3C(=O)NN2c2ccccc2)cc1. The summed E-state index contributed by atoms with van der Waals surface area (Å²) in [5.74, 6) is 0.541. The second-order valence-corrected chi connectivity index (χ2v) is 6.55. The first-order valence-electron chi connectivity index (χ1n) is 8.78. The first kappa shape index (κ1) is 16.4. The molecule has 2 atom stereocenters. The van der Waals surface area contributed by atoms with Gasteiger partial charge in [0.2, 0.25) is 0 Å². The van der Waals surface area contributed by atoms with E-state index in [-0.39, 0.29) is 11.8 Å². The van der Waals surface area contributed by atoms with E-state index < -0.39 is 12.1 Å². The standard InChI is InChI=1S/C20H21N3O3/c1-26-16-11-9-14(10-12-16)18-20(25)22-13-5-8-17(22)19(24)21-23(18)15-6-3-2-4-7-15/h2-4,6-7,9-12,17-18H,5,8,13H2,1H3,(H,21,24)/t17-,18-/m0/s1. The molecule has 0 aromatic heterocycles. The highest BCUT2D eigenvalue weighted by Crippen LogP contribution is 2.33. The smallest absolute Gasteiger partial charge is 0.261 e. The highest BCUT2D eigenvalue weighted by molar-refractivity contribution is 5.96. The van der Waals surface area contributed by atoms with Crippen LogP contribution in [-0.2, 0) is 9.59 Å². The van der Waals surface area contributed by atoms with Crippen LogP contribution >= 0.6 is 0 Å². The number of nitrogens with zero attached hydrogens (tertiary/aromatic N) is 2. The Labute approximate surface area is 152 Å². The lowest BCUT2D eigenvalue weighted by Gasteiger charge is -2.31. The van der Waals surface area contributed by atoms with Gasteiger partial charge >= 0.3 is 0 Å². The number of benzene rings is 2. The van der Waals surface area contributed by atoms with Gasteiger partial charge in [-0.05, 0) is 42.7 Å². The summed E-state index contributed by atoms with van der Waals surface area (Å²) in [5, 5.41) is 1.69. The van der Waals surface area contributed by atoms with E-state index in [0.29, 0.717) is 13.0 Å². The van der Waals surface area contributed by atoms with Crippen LogP contribution < -0.4 is 15.2 Å². The molecule has 0 aliphatic carbocycles. The molecule has 0 unspecified atom stereocenters. The van der Waals surface area contributed by atoms with Crippen molar-refractivity contribution in [2.45, 2.75) is 24.9 Å². The molecule has 2 saturated heterocycles. The van der Waals surface area contributed by atoms with E-state index in [4.69, 9.17) is 4.74 Å². The van der Waals surface area contributed by atoms with Gasteiger partial charge in [0.15, 0.2) is 6.04 Å². The van der Waals surface area contributed by atoms with Crippen LogP contribution in [0.3, 0.4) is 0 Å². The number of anilines is 1. The Morgan fingerprint density at radius 1 is 1.04 bits per heavy atom. The molecule has 0 saturated carbocycles. The fraction of sp³-hybridized carbons (Fsp3) is 0.300. The van der Waals surface area contributed by atoms with E-state index in [9.17, 15) is 9.59 Å². The zero-order valence-corrected chi connectivity index (χ0v) is 14.6. The fourth-order valence-corrected chi connectivity index (χ4v) is 3.71. The highest BCUT2D eigenvalue weighted by atomic mass is 16.5. The molecule has 134 valence electrons. The van der Waals surface area contributed by atoms with E-state index in [2.05, 4.69) is 5.43 Å². The highest BCUT2D eigenvalue weighted by Gasteiger charge is 2.44. The van der Waals surface area contributed by atoms with Crippen LogP contribution in [0.5, 0.6) is 5.75 Å². The van der Waals surface area contributed by atoms with Crippen LogP contribution in [-0.4, -0.2) is 36.4 Å². The van der Waals surface area contributed by atoms with Gasteiger partial charge in [-0.25, -0.2) is 0 Å². The number of hydrogen-bond acceptors (Lipinski definition) is 4. The Hall–Kier alpha value is -3.02. The van der Waals surface area contributed by atoms with E-state index >= 15 is 0 Å². The Morgan fingerprint density at radius 2 is 1.77 bits per heavy atom. The number of fused-ring (bicyclic) bond motifs is 1. The van der Waals surface area contributed by atoms with E-state index in [0.717, 1.165) is 23.4 Å². The van der Waals surface area contributed by atoms with Crippen molar-refractivity contribution in [3.8, 4) is 5.75 Å². The first-order valence-corrected chi connectivity index (χ1v) is 8.78. The number of carbonyl (C=O) groups excluding carboxylic acids is 2. The van der Waals surface area contributed by atoms with Gasteiger partial charge < -0.3 is 9.64 Å². The van der Waals surface area contributed by atoms with Crippen molar-refractivity contribution >= 4 is 17.5 Å². The predicted molar refractivity (Wildman–Crippen MR) is 97.5 cm³/mol. The molecule has 2 fully saturated rings. The molecule has 2 amide bonds. The topological polar surface area (TPSA) is 61.9 Å². The van der Waals surface area contributed by atoms with Gasteiger partial charge in [0.05, 0.1) is 12.8 Å². The molecule has 2 heterocycles. The van der Waals surface area contributed by atoms with Crippen molar-refractivity contribution in [1.29, 1.82) is 0 Å². The van der Waals surface area contributed by atoms with Crippen molar-refractivity contribution in [1.82, 2.24) is 10.3 Å².